The molecule has 0 spiro atoms. The maximum absolute atomic E-state index is 11.2. The molecule has 0 aromatic heterocycles. The van der Waals surface area contributed by atoms with Crippen LogP contribution in [-0.2, 0) is 4.79 Å². The third-order valence-electron chi connectivity index (χ3n) is 1.86. The zero-order valence-corrected chi connectivity index (χ0v) is 10.5. The largest absolute Gasteiger partial charge is 0.273 e. The lowest BCUT2D eigenvalue weighted by molar-refractivity contribution is -0.123. The lowest BCUT2D eigenvalue weighted by atomic mass is 10.2. The van der Waals surface area contributed by atoms with E-state index in [1.807, 2.05) is 0 Å². The summed E-state index contributed by atoms with van der Waals surface area (Å²) in [5, 5.41) is 4.76. The van der Waals surface area contributed by atoms with Crippen molar-refractivity contribution in [2.24, 2.45) is 11.0 Å². The molecule has 16 heavy (non-hydrogen) atoms. The quantitative estimate of drug-likeness (QED) is 0.657. The van der Waals surface area contributed by atoms with Gasteiger partial charge in [-0.25, -0.2) is 5.43 Å². The second-order valence-electron chi connectivity index (χ2n) is 3.56. The fraction of sp³-hybridized carbons (Fsp3) is 0.273. The summed E-state index contributed by atoms with van der Waals surface area (Å²) in [6.45, 7) is 3.59. The summed E-state index contributed by atoms with van der Waals surface area (Å²) in [6.07, 6.45) is 1.52. The molecule has 0 radical (unpaired) electrons. The molecule has 1 rings (SSSR count). The highest BCUT2D eigenvalue weighted by Gasteiger charge is 2.03. The number of hydrazone groups is 1. The summed E-state index contributed by atoms with van der Waals surface area (Å²) in [7, 11) is 0. The van der Waals surface area contributed by atoms with E-state index in [1.54, 1.807) is 32.0 Å². The van der Waals surface area contributed by atoms with Crippen LogP contribution in [0, 0.1) is 5.92 Å². The normalized spacial score (nSPS) is 11.1. The third kappa shape index (κ3) is 3.83. The van der Waals surface area contributed by atoms with E-state index in [2.05, 4.69) is 10.5 Å². The predicted octanol–water partition coefficient (Wildman–Crippen LogP) is 3.10. The number of hydrogen-bond donors (Lipinski definition) is 1. The van der Waals surface area contributed by atoms with E-state index in [-0.39, 0.29) is 11.8 Å². The minimum Gasteiger partial charge on any atom is -0.273 e. The van der Waals surface area contributed by atoms with Gasteiger partial charge in [-0.1, -0.05) is 43.1 Å². The molecule has 0 saturated heterocycles. The molecule has 5 heteroatoms. The van der Waals surface area contributed by atoms with Crippen molar-refractivity contribution in [1.29, 1.82) is 0 Å². The summed E-state index contributed by atoms with van der Waals surface area (Å²) in [5.74, 6) is -0.220. The molecule has 0 saturated carbocycles. The van der Waals surface area contributed by atoms with Crippen LogP contribution >= 0.6 is 23.2 Å². The van der Waals surface area contributed by atoms with Crippen LogP contribution in [0.3, 0.4) is 0 Å². The summed E-state index contributed by atoms with van der Waals surface area (Å²) in [5.41, 5.74) is 3.20. The monoisotopic (exact) mass is 258 g/mol. The first-order chi connectivity index (χ1) is 7.50. The van der Waals surface area contributed by atoms with Crippen LogP contribution in [-0.4, -0.2) is 12.1 Å². The van der Waals surface area contributed by atoms with Gasteiger partial charge in [0.05, 0.1) is 16.3 Å². The van der Waals surface area contributed by atoms with Crippen LogP contribution in [0.2, 0.25) is 10.0 Å². The maximum atomic E-state index is 11.2. The third-order valence-corrected chi connectivity index (χ3v) is 2.60. The van der Waals surface area contributed by atoms with Crippen molar-refractivity contribution in [1.82, 2.24) is 5.43 Å². The Morgan fingerprint density at radius 1 is 1.38 bits per heavy atom. The fourth-order valence-electron chi connectivity index (χ4n) is 0.892. The van der Waals surface area contributed by atoms with Crippen molar-refractivity contribution < 1.29 is 4.79 Å². The fourth-order valence-corrected chi connectivity index (χ4v) is 1.20. The number of hydrogen-bond acceptors (Lipinski definition) is 2. The number of carbonyl (C=O) groups excluding carboxylic acids is 1. The molecule has 0 heterocycles. The Balaban J connectivity index is 2.63. The number of benzene rings is 1. The molecular weight excluding hydrogens is 247 g/mol. The molecule has 0 bridgehead atoms. The SMILES string of the molecule is CC(C)C(=O)N/N=C/c1ccc(Cl)c(Cl)c1. The van der Waals surface area contributed by atoms with Crippen molar-refractivity contribution in [2.45, 2.75) is 13.8 Å². The van der Waals surface area contributed by atoms with Crippen molar-refractivity contribution in [3.63, 3.8) is 0 Å². The van der Waals surface area contributed by atoms with Crippen molar-refractivity contribution >= 4 is 35.3 Å². The standard InChI is InChI=1S/C11H12Cl2N2O/c1-7(2)11(16)15-14-6-8-3-4-9(12)10(13)5-8/h3-7H,1-2H3,(H,15,16)/b14-6+. The lowest BCUT2D eigenvalue weighted by Crippen LogP contribution is -2.22. The van der Waals surface area contributed by atoms with Gasteiger partial charge in [0.2, 0.25) is 5.91 Å². The summed E-state index contributed by atoms with van der Waals surface area (Å²) >= 11 is 11.6. The summed E-state index contributed by atoms with van der Waals surface area (Å²) < 4.78 is 0. The molecule has 0 fully saturated rings. The molecule has 0 atom stereocenters. The zero-order chi connectivity index (χ0) is 12.1. The van der Waals surface area contributed by atoms with Gasteiger partial charge in [-0.3, -0.25) is 4.79 Å². The highest BCUT2D eigenvalue weighted by Crippen LogP contribution is 2.21. The predicted molar refractivity (Wildman–Crippen MR) is 67.0 cm³/mol. The van der Waals surface area contributed by atoms with Gasteiger partial charge in [0.25, 0.3) is 0 Å². The molecular formula is C11H12Cl2N2O. The van der Waals surface area contributed by atoms with E-state index < -0.39 is 0 Å². The van der Waals surface area contributed by atoms with Gasteiger partial charge >= 0.3 is 0 Å². The average Bonchev–Trinajstić information content (AvgIpc) is 2.23. The van der Waals surface area contributed by atoms with E-state index in [4.69, 9.17) is 23.2 Å². The van der Waals surface area contributed by atoms with Crippen LogP contribution in [0.25, 0.3) is 0 Å². The molecule has 0 unspecified atom stereocenters. The van der Waals surface area contributed by atoms with E-state index in [1.165, 1.54) is 6.21 Å². The minimum absolute atomic E-state index is 0.0917. The highest BCUT2D eigenvalue weighted by atomic mass is 35.5. The van der Waals surface area contributed by atoms with Gasteiger partial charge in [0.1, 0.15) is 0 Å². The van der Waals surface area contributed by atoms with Crippen LogP contribution in [0.5, 0.6) is 0 Å². The molecule has 0 aliphatic heterocycles. The smallest absolute Gasteiger partial charge is 0.242 e. The highest BCUT2D eigenvalue weighted by molar-refractivity contribution is 6.42. The second kappa shape index (κ2) is 5.87. The topological polar surface area (TPSA) is 41.5 Å². The number of halogens is 2. The molecule has 0 aliphatic carbocycles. The Morgan fingerprint density at radius 2 is 2.06 bits per heavy atom. The van der Waals surface area contributed by atoms with Crippen molar-refractivity contribution in [3.8, 4) is 0 Å². The number of nitrogens with one attached hydrogen (secondary N) is 1. The van der Waals surface area contributed by atoms with Crippen LogP contribution in [0.1, 0.15) is 19.4 Å². The average molecular weight is 259 g/mol. The van der Waals surface area contributed by atoms with Crippen LogP contribution < -0.4 is 5.43 Å². The van der Waals surface area contributed by atoms with Gasteiger partial charge in [-0.15, -0.1) is 0 Å². The van der Waals surface area contributed by atoms with Gasteiger partial charge in [-0.2, -0.15) is 5.10 Å². The number of nitrogens with zero attached hydrogens (tertiary/aromatic N) is 1. The second-order valence-corrected chi connectivity index (χ2v) is 4.38. The zero-order valence-electron chi connectivity index (χ0n) is 9.00. The lowest BCUT2D eigenvalue weighted by Gasteiger charge is -2.01. The molecule has 1 amide bonds. The van der Waals surface area contributed by atoms with E-state index in [0.717, 1.165) is 5.56 Å². The number of carbonyl (C=O) groups is 1. The minimum atomic E-state index is -0.128. The Labute approximate surface area is 104 Å². The first-order valence-electron chi connectivity index (χ1n) is 4.78. The number of rotatable bonds is 3. The Kier molecular flexibility index (Phi) is 4.77. The Hall–Kier alpha value is -1.06. The van der Waals surface area contributed by atoms with E-state index in [9.17, 15) is 4.79 Å². The summed E-state index contributed by atoms with van der Waals surface area (Å²) in [6, 6.07) is 5.11. The van der Waals surface area contributed by atoms with Crippen molar-refractivity contribution in [2.75, 3.05) is 0 Å². The van der Waals surface area contributed by atoms with Gasteiger partial charge in [-0.05, 0) is 17.7 Å². The molecule has 1 aromatic carbocycles. The molecule has 3 nitrogen and oxygen atoms in total. The van der Waals surface area contributed by atoms with E-state index >= 15 is 0 Å². The number of amides is 1. The van der Waals surface area contributed by atoms with Gasteiger partial charge in [0, 0.05) is 5.92 Å². The Bertz CT molecular complexity index is 416. The van der Waals surface area contributed by atoms with Crippen LogP contribution in [0.15, 0.2) is 23.3 Å². The Morgan fingerprint density at radius 3 is 2.62 bits per heavy atom. The van der Waals surface area contributed by atoms with Crippen LogP contribution in [0.4, 0.5) is 0 Å². The summed E-state index contributed by atoms with van der Waals surface area (Å²) in [4.78, 5) is 11.2. The first kappa shape index (κ1) is 13.0. The first-order valence-corrected chi connectivity index (χ1v) is 5.54. The van der Waals surface area contributed by atoms with Crippen molar-refractivity contribution in [3.05, 3.63) is 33.8 Å². The molecule has 86 valence electrons. The van der Waals surface area contributed by atoms with E-state index in [0.29, 0.717) is 10.0 Å². The maximum Gasteiger partial charge on any atom is 0.242 e. The molecule has 0 aliphatic rings. The molecule has 1 N–H and O–H groups in total. The molecule has 1 aromatic rings. The van der Waals surface area contributed by atoms with Gasteiger partial charge in [0.15, 0.2) is 0 Å². The van der Waals surface area contributed by atoms with Gasteiger partial charge < -0.3 is 0 Å².